The fourth-order valence-electron chi connectivity index (χ4n) is 6.64. The molecule has 0 atom stereocenters. The lowest BCUT2D eigenvalue weighted by molar-refractivity contribution is 0.822. The molecule has 0 spiro atoms. The predicted octanol–water partition coefficient (Wildman–Crippen LogP) is 11.3. The molecule has 0 bridgehead atoms. The SMILES string of the molecule is c1ccc(CCCc2ccccc2-c2cccc3cc4ccc5cc6cc7ccccc7cc6cc5c4cc23)cc1. The molecular weight excluding hydrogens is 492 g/mol. The van der Waals surface area contributed by atoms with Crippen molar-refractivity contribution >= 4 is 53.9 Å². The summed E-state index contributed by atoms with van der Waals surface area (Å²) >= 11 is 0. The number of fused-ring (bicyclic) bond motifs is 6. The molecule has 0 heteroatoms. The second-order valence-electron chi connectivity index (χ2n) is 11.3. The summed E-state index contributed by atoms with van der Waals surface area (Å²) in [7, 11) is 0. The fourth-order valence-corrected chi connectivity index (χ4v) is 6.64. The normalized spacial score (nSPS) is 11.7. The van der Waals surface area contributed by atoms with Gasteiger partial charge in [0, 0.05) is 0 Å². The minimum atomic E-state index is 1.07. The quantitative estimate of drug-likeness (QED) is 0.156. The molecule has 0 saturated carbocycles. The average Bonchev–Trinajstić information content (AvgIpc) is 3.02. The van der Waals surface area contributed by atoms with E-state index in [9.17, 15) is 0 Å². The summed E-state index contributed by atoms with van der Waals surface area (Å²) in [5.41, 5.74) is 5.51. The van der Waals surface area contributed by atoms with Crippen LogP contribution in [0, 0.1) is 0 Å². The number of hydrogen-bond donors (Lipinski definition) is 0. The summed E-state index contributed by atoms with van der Waals surface area (Å²) in [5.74, 6) is 0. The van der Waals surface area contributed by atoms with Crippen LogP contribution in [0.15, 0.2) is 146 Å². The summed E-state index contributed by atoms with van der Waals surface area (Å²) in [4.78, 5) is 0. The van der Waals surface area contributed by atoms with Crippen LogP contribution in [-0.2, 0) is 12.8 Å². The van der Waals surface area contributed by atoms with Crippen molar-refractivity contribution in [3.05, 3.63) is 157 Å². The first-order chi connectivity index (χ1) is 20.3. The highest BCUT2D eigenvalue weighted by molar-refractivity contribution is 6.17. The van der Waals surface area contributed by atoms with Gasteiger partial charge in [-0.15, -0.1) is 0 Å². The lowest BCUT2D eigenvalue weighted by Crippen LogP contribution is -1.94. The molecule has 0 saturated heterocycles. The van der Waals surface area contributed by atoms with E-state index in [4.69, 9.17) is 0 Å². The first-order valence-electron chi connectivity index (χ1n) is 14.6. The summed E-state index contributed by atoms with van der Waals surface area (Å²) < 4.78 is 0. The minimum Gasteiger partial charge on any atom is -0.0622 e. The molecule has 41 heavy (non-hydrogen) atoms. The number of rotatable bonds is 5. The van der Waals surface area contributed by atoms with E-state index in [1.807, 2.05) is 0 Å². The van der Waals surface area contributed by atoms with Crippen molar-refractivity contribution in [3.8, 4) is 11.1 Å². The Balaban J connectivity index is 1.27. The summed E-state index contributed by atoms with van der Waals surface area (Å²) in [6.07, 6.45) is 3.31. The first-order valence-corrected chi connectivity index (χ1v) is 14.6. The lowest BCUT2D eigenvalue weighted by Gasteiger charge is -2.14. The minimum absolute atomic E-state index is 1.07. The van der Waals surface area contributed by atoms with Gasteiger partial charge in [-0.1, -0.05) is 109 Å². The molecule has 0 aliphatic heterocycles. The maximum Gasteiger partial charge on any atom is -0.00986 e. The zero-order valence-electron chi connectivity index (χ0n) is 23.0. The topological polar surface area (TPSA) is 0 Å². The highest BCUT2D eigenvalue weighted by atomic mass is 14.2. The predicted molar refractivity (Wildman–Crippen MR) is 178 cm³/mol. The van der Waals surface area contributed by atoms with Gasteiger partial charge in [0.25, 0.3) is 0 Å². The highest BCUT2D eigenvalue weighted by Crippen LogP contribution is 2.37. The van der Waals surface area contributed by atoms with Crippen molar-refractivity contribution in [1.29, 1.82) is 0 Å². The Labute approximate surface area is 240 Å². The molecule has 0 N–H and O–H groups in total. The van der Waals surface area contributed by atoms with Gasteiger partial charge in [-0.2, -0.15) is 0 Å². The molecule has 8 aromatic carbocycles. The van der Waals surface area contributed by atoms with Crippen LogP contribution in [0.1, 0.15) is 17.5 Å². The average molecular weight is 523 g/mol. The van der Waals surface area contributed by atoms with E-state index < -0.39 is 0 Å². The van der Waals surface area contributed by atoms with E-state index in [0.29, 0.717) is 0 Å². The molecule has 0 heterocycles. The highest BCUT2D eigenvalue weighted by Gasteiger charge is 2.12. The Kier molecular flexibility index (Phi) is 5.78. The Morgan fingerprint density at radius 1 is 0.317 bits per heavy atom. The van der Waals surface area contributed by atoms with Gasteiger partial charge in [-0.05, 0) is 132 Å². The molecule has 0 nitrogen and oxygen atoms in total. The zero-order chi connectivity index (χ0) is 27.2. The molecule has 0 aliphatic carbocycles. The van der Waals surface area contributed by atoms with Gasteiger partial charge >= 0.3 is 0 Å². The maximum absolute atomic E-state index is 2.44. The van der Waals surface area contributed by atoms with Crippen LogP contribution in [0.4, 0.5) is 0 Å². The molecule has 0 amide bonds. The second-order valence-corrected chi connectivity index (χ2v) is 11.3. The first kappa shape index (κ1) is 23.9. The smallest absolute Gasteiger partial charge is 0.00986 e. The molecule has 0 radical (unpaired) electrons. The third-order valence-electron chi connectivity index (χ3n) is 8.72. The van der Waals surface area contributed by atoms with Crippen LogP contribution >= 0.6 is 0 Å². The second kappa shape index (κ2) is 9.91. The Morgan fingerprint density at radius 3 is 1.68 bits per heavy atom. The van der Waals surface area contributed by atoms with Crippen LogP contribution in [0.25, 0.3) is 65.0 Å². The lowest BCUT2D eigenvalue weighted by atomic mass is 9.90. The van der Waals surface area contributed by atoms with Crippen molar-refractivity contribution in [2.45, 2.75) is 19.3 Å². The molecule has 0 fully saturated rings. The Bertz CT molecular complexity index is 2220. The van der Waals surface area contributed by atoms with E-state index in [-0.39, 0.29) is 0 Å². The molecule has 8 rings (SSSR count). The number of benzene rings is 8. The van der Waals surface area contributed by atoms with Gasteiger partial charge in [0.1, 0.15) is 0 Å². The fraction of sp³-hybridized carbons (Fsp3) is 0.0732. The van der Waals surface area contributed by atoms with Crippen LogP contribution in [-0.4, -0.2) is 0 Å². The van der Waals surface area contributed by atoms with E-state index >= 15 is 0 Å². The van der Waals surface area contributed by atoms with E-state index in [1.54, 1.807) is 0 Å². The van der Waals surface area contributed by atoms with Crippen molar-refractivity contribution in [2.75, 3.05) is 0 Å². The zero-order valence-corrected chi connectivity index (χ0v) is 23.0. The molecular formula is C41H30. The Hall–Kier alpha value is -4.94. The van der Waals surface area contributed by atoms with Gasteiger partial charge < -0.3 is 0 Å². The van der Waals surface area contributed by atoms with Crippen molar-refractivity contribution in [1.82, 2.24) is 0 Å². The van der Waals surface area contributed by atoms with Crippen molar-refractivity contribution < 1.29 is 0 Å². The van der Waals surface area contributed by atoms with Gasteiger partial charge in [-0.3, -0.25) is 0 Å². The van der Waals surface area contributed by atoms with Crippen LogP contribution in [0.5, 0.6) is 0 Å². The number of aryl methyl sites for hydroxylation is 2. The van der Waals surface area contributed by atoms with E-state index in [1.165, 1.54) is 76.1 Å². The van der Waals surface area contributed by atoms with Crippen LogP contribution in [0.2, 0.25) is 0 Å². The molecule has 0 aliphatic rings. The van der Waals surface area contributed by atoms with Crippen LogP contribution in [0.3, 0.4) is 0 Å². The van der Waals surface area contributed by atoms with Crippen LogP contribution < -0.4 is 0 Å². The van der Waals surface area contributed by atoms with Gasteiger partial charge in [0.05, 0.1) is 0 Å². The Morgan fingerprint density at radius 2 is 0.878 bits per heavy atom. The van der Waals surface area contributed by atoms with E-state index in [2.05, 4.69) is 146 Å². The molecule has 0 aromatic heterocycles. The van der Waals surface area contributed by atoms with E-state index in [0.717, 1.165) is 19.3 Å². The number of hydrogen-bond acceptors (Lipinski definition) is 0. The summed E-state index contributed by atoms with van der Waals surface area (Å²) in [6, 6.07) is 54.0. The van der Waals surface area contributed by atoms with Gasteiger partial charge in [-0.25, -0.2) is 0 Å². The monoisotopic (exact) mass is 522 g/mol. The third-order valence-corrected chi connectivity index (χ3v) is 8.72. The molecule has 8 aromatic rings. The molecule has 194 valence electrons. The van der Waals surface area contributed by atoms with Gasteiger partial charge in [0.15, 0.2) is 0 Å². The van der Waals surface area contributed by atoms with Crippen molar-refractivity contribution in [2.24, 2.45) is 0 Å². The standard InChI is InChI=1S/C41H30/c1-2-10-28(11-3-1)12-8-16-29-13-6-7-18-37(29)38-19-9-17-32-24-33-20-21-34-25-35-22-30-14-4-5-15-31(30)23-36(35)26-39(34)41(33)27-40(32)38/h1-7,9-11,13-15,17-27H,8,12,16H2. The van der Waals surface area contributed by atoms with Crippen molar-refractivity contribution in [3.63, 3.8) is 0 Å². The molecule has 0 unspecified atom stereocenters. The summed E-state index contributed by atoms with van der Waals surface area (Å²) in [5, 5.41) is 13.0. The largest absolute Gasteiger partial charge is 0.0622 e. The summed E-state index contributed by atoms with van der Waals surface area (Å²) in [6.45, 7) is 0. The van der Waals surface area contributed by atoms with Gasteiger partial charge in [0.2, 0.25) is 0 Å². The third kappa shape index (κ3) is 4.33. The maximum atomic E-state index is 2.44.